The van der Waals surface area contributed by atoms with Crippen molar-refractivity contribution in [1.82, 2.24) is 0 Å². The van der Waals surface area contributed by atoms with Gasteiger partial charge in [-0.05, 0) is 42.0 Å². The molecule has 3 rings (SSSR count). The largest absolute Gasteiger partial charge is 0.310 e. The first kappa shape index (κ1) is 19.4. The van der Waals surface area contributed by atoms with Gasteiger partial charge < -0.3 is 4.90 Å². The van der Waals surface area contributed by atoms with E-state index >= 15 is 0 Å². The van der Waals surface area contributed by atoms with E-state index in [1.54, 1.807) is 4.90 Å². The lowest BCUT2D eigenvalue weighted by Gasteiger charge is -2.29. The Hall–Kier alpha value is -2.34. The Morgan fingerprint density at radius 1 is 1.15 bits per heavy atom. The average Bonchev–Trinajstić information content (AvgIpc) is 3.03. The minimum Gasteiger partial charge on any atom is -0.310 e. The van der Waals surface area contributed by atoms with Crippen molar-refractivity contribution in [2.24, 2.45) is 0 Å². The second-order valence-corrected chi connectivity index (χ2v) is 9.27. The molecule has 27 heavy (non-hydrogen) atoms. The number of para-hydroxylation sites is 2. The zero-order chi connectivity index (χ0) is 19.8. The van der Waals surface area contributed by atoms with E-state index in [0.29, 0.717) is 12.2 Å². The molecule has 0 radical (unpaired) electrons. The molecule has 0 saturated heterocycles. The molecule has 1 aliphatic rings. The lowest BCUT2D eigenvalue weighted by molar-refractivity contribution is -0.117. The molecule has 0 saturated carbocycles. The first-order chi connectivity index (χ1) is 12.7. The van der Waals surface area contributed by atoms with Gasteiger partial charge in [0.05, 0.1) is 11.9 Å². The molecule has 0 aliphatic carbocycles. The topological polar surface area (TPSA) is 57.7 Å². The summed E-state index contributed by atoms with van der Waals surface area (Å²) in [5.74, 6) is -0.0601. The van der Waals surface area contributed by atoms with Crippen LogP contribution >= 0.6 is 0 Å². The number of fused-ring (bicyclic) bond motifs is 1. The van der Waals surface area contributed by atoms with Crippen LogP contribution in [0.3, 0.4) is 0 Å². The van der Waals surface area contributed by atoms with Crippen molar-refractivity contribution in [1.29, 1.82) is 0 Å². The fraction of sp³-hybridized carbons (Fsp3) is 0.381. The minimum absolute atomic E-state index is 0.145. The van der Waals surface area contributed by atoms with E-state index in [0.717, 1.165) is 35.1 Å². The second-order valence-electron chi connectivity index (χ2n) is 7.36. The normalized spacial score (nSPS) is 13.7. The van der Waals surface area contributed by atoms with E-state index in [4.69, 9.17) is 0 Å². The molecule has 0 unspecified atom stereocenters. The lowest BCUT2D eigenvalue weighted by Crippen LogP contribution is -2.43. The van der Waals surface area contributed by atoms with Crippen LogP contribution in [0.25, 0.3) is 0 Å². The van der Waals surface area contributed by atoms with Crippen molar-refractivity contribution in [3.05, 3.63) is 59.2 Å². The molecule has 6 heteroatoms. The summed E-state index contributed by atoms with van der Waals surface area (Å²) in [4.78, 5) is 14.7. The third-order valence-corrected chi connectivity index (χ3v) is 6.12. The molecule has 0 N–H and O–H groups in total. The molecule has 144 valence electrons. The molecule has 1 heterocycles. The van der Waals surface area contributed by atoms with Crippen molar-refractivity contribution in [3.8, 4) is 0 Å². The lowest BCUT2D eigenvalue weighted by atomic mass is 9.98. The Kier molecular flexibility index (Phi) is 5.29. The van der Waals surface area contributed by atoms with E-state index < -0.39 is 10.0 Å². The Morgan fingerprint density at radius 2 is 1.85 bits per heavy atom. The van der Waals surface area contributed by atoms with Crippen molar-refractivity contribution in [2.75, 3.05) is 28.6 Å². The minimum atomic E-state index is -3.61. The number of anilines is 2. The van der Waals surface area contributed by atoms with Crippen molar-refractivity contribution in [2.45, 2.75) is 33.1 Å². The van der Waals surface area contributed by atoms with Gasteiger partial charge in [0.1, 0.15) is 6.54 Å². The molecular weight excluding hydrogens is 360 g/mol. The fourth-order valence-corrected chi connectivity index (χ4v) is 4.58. The highest BCUT2D eigenvalue weighted by Gasteiger charge is 2.30. The Balaban J connectivity index is 1.99. The first-order valence-electron chi connectivity index (χ1n) is 9.15. The summed E-state index contributed by atoms with van der Waals surface area (Å²) >= 11 is 0. The fourth-order valence-electron chi connectivity index (χ4n) is 3.66. The monoisotopic (exact) mass is 386 g/mol. The summed E-state index contributed by atoms with van der Waals surface area (Å²) < 4.78 is 26.5. The zero-order valence-corrected chi connectivity index (χ0v) is 17.1. The standard InChI is InChI=1S/C21H26N2O3S/c1-15(2)18-10-7-8-16(3)21(18)23(27(4,25)26)14-20(24)22-13-12-17-9-5-6-11-19(17)22/h5-11,15H,12-14H2,1-4H3. The van der Waals surface area contributed by atoms with Crippen LogP contribution < -0.4 is 9.21 Å². The maximum atomic E-state index is 13.1. The van der Waals surface area contributed by atoms with Gasteiger partial charge in [-0.1, -0.05) is 50.2 Å². The number of hydrogen-bond donors (Lipinski definition) is 0. The zero-order valence-electron chi connectivity index (χ0n) is 16.3. The maximum Gasteiger partial charge on any atom is 0.247 e. The molecule has 2 aromatic carbocycles. The average molecular weight is 387 g/mol. The molecule has 0 fully saturated rings. The SMILES string of the molecule is Cc1cccc(C(C)C)c1N(CC(=O)N1CCc2ccccc21)S(C)(=O)=O. The smallest absolute Gasteiger partial charge is 0.247 e. The van der Waals surface area contributed by atoms with E-state index in [1.807, 2.05) is 63.2 Å². The highest BCUT2D eigenvalue weighted by molar-refractivity contribution is 7.92. The van der Waals surface area contributed by atoms with Crippen molar-refractivity contribution in [3.63, 3.8) is 0 Å². The van der Waals surface area contributed by atoms with Crippen LogP contribution in [-0.2, 0) is 21.2 Å². The number of benzene rings is 2. The van der Waals surface area contributed by atoms with E-state index in [2.05, 4.69) is 0 Å². The Labute approximate surface area is 161 Å². The van der Waals surface area contributed by atoms with Crippen LogP contribution in [0.1, 0.15) is 36.5 Å². The maximum absolute atomic E-state index is 13.1. The highest BCUT2D eigenvalue weighted by atomic mass is 32.2. The molecular formula is C21H26N2O3S. The van der Waals surface area contributed by atoms with Gasteiger partial charge in [-0.25, -0.2) is 8.42 Å². The molecule has 2 aromatic rings. The number of carbonyl (C=O) groups is 1. The van der Waals surface area contributed by atoms with Crippen LogP contribution in [0.15, 0.2) is 42.5 Å². The van der Waals surface area contributed by atoms with Gasteiger partial charge in [0.15, 0.2) is 0 Å². The molecule has 1 amide bonds. The van der Waals surface area contributed by atoms with Gasteiger partial charge in [0.2, 0.25) is 15.9 Å². The molecule has 0 spiro atoms. The highest BCUT2D eigenvalue weighted by Crippen LogP contribution is 2.33. The summed E-state index contributed by atoms with van der Waals surface area (Å²) in [6.45, 7) is 6.32. The van der Waals surface area contributed by atoms with Crippen molar-refractivity contribution < 1.29 is 13.2 Å². The third-order valence-electron chi connectivity index (χ3n) is 5.01. The Morgan fingerprint density at radius 3 is 2.52 bits per heavy atom. The molecule has 0 atom stereocenters. The van der Waals surface area contributed by atoms with E-state index in [9.17, 15) is 13.2 Å². The Bertz CT molecular complexity index is 967. The molecule has 1 aliphatic heterocycles. The van der Waals surface area contributed by atoms with Gasteiger partial charge >= 0.3 is 0 Å². The van der Waals surface area contributed by atoms with Crippen LogP contribution in [0.4, 0.5) is 11.4 Å². The van der Waals surface area contributed by atoms with Gasteiger partial charge in [-0.2, -0.15) is 0 Å². The summed E-state index contributed by atoms with van der Waals surface area (Å²) in [5, 5.41) is 0. The van der Waals surface area contributed by atoms with E-state index in [-0.39, 0.29) is 18.4 Å². The summed E-state index contributed by atoms with van der Waals surface area (Å²) in [7, 11) is -3.61. The van der Waals surface area contributed by atoms with Crippen LogP contribution in [0.5, 0.6) is 0 Å². The van der Waals surface area contributed by atoms with Crippen LogP contribution in [0, 0.1) is 6.92 Å². The summed E-state index contributed by atoms with van der Waals surface area (Å²) in [5.41, 5.74) is 4.40. The van der Waals surface area contributed by atoms with Crippen LogP contribution in [-0.4, -0.2) is 33.7 Å². The number of sulfonamides is 1. The third kappa shape index (κ3) is 3.86. The first-order valence-corrected chi connectivity index (χ1v) is 11.0. The number of rotatable bonds is 5. The summed E-state index contributed by atoms with van der Waals surface area (Å²) in [6, 6.07) is 13.5. The second kappa shape index (κ2) is 7.35. The van der Waals surface area contributed by atoms with E-state index in [1.165, 1.54) is 4.31 Å². The molecule has 0 aromatic heterocycles. The molecule has 0 bridgehead atoms. The number of hydrogen-bond acceptors (Lipinski definition) is 3. The van der Waals surface area contributed by atoms with Gasteiger partial charge in [-0.15, -0.1) is 0 Å². The summed E-state index contributed by atoms with van der Waals surface area (Å²) in [6.07, 6.45) is 1.96. The van der Waals surface area contributed by atoms with Gasteiger partial charge in [0, 0.05) is 12.2 Å². The van der Waals surface area contributed by atoms with Gasteiger partial charge in [0.25, 0.3) is 0 Å². The number of nitrogens with zero attached hydrogens (tertiary/aromatic N) is 2. The molecule has 5 nitrogen and oxygen atoms in total. The predicted molar refractivity (Wildman–Crippen MR) is 110 cm³/mol. The number of amides is 1. The van der Waals surface area contributed by atoms with Gasteiger partial charge in [-0.3, -0.25) is 9.10 Å². The number of aryl methyl sites for hydroxylation is 1. The predicted octanol–water partition coefficient (Wildman–Crippen LogP) is 3.47. The quantitative estimate of drug-likeness (QED) is 0.791. The van der Waals surface area contributed by atoms with Crippen LogP contribution in [0.2, 0.25) is 0 Å². The van der Waals surface area contributed by atoms with Crippen molar-refractivity contribution >= 4 is 27.3 Å². The number of carbonyl (C=O) groups excluding carboxylic acids is 1.